The molecule has 1 aromatic carbocycles. The van der Waals surface area contributed by atoms with Crippen LogP contribution in [-0.4, -0.2) is 17.5 Å². The van der Waals surface area contributed by atoms with Crippen molar-refractivity contribution in [3.05, 3.63) is 35.6 Å². The normalized spacial score (nSPS) is 22.4. The maximum Gasteiger partial charge on any atom is 0.123 e. The smallest absolute Gasteiger partial charge is 0.123 e. The average Bonchev–Trinajstić information content (AvgIpc) is 2.00. The van der Waals surface area contributed by atoms with Gasteiger partial charge in [0.05, 0.1) is 0 Å². The zero-order chi connectivity index (χ0) is 10.1. The molecule has 1 aliphatic heterocycles. The molecule has 76 valence electrons. The maximum atomic E-state index is 13.0. The molecule has 1 nitrogen and oxygen atoms in total. The quantitative estimate of drug-likeness (QED) is 0.698. The van der Waals surface area contributed by atoms with Crippen LogP contribution in [0.1, 0.15) is 31.9 Å². The molecule has 0 saturated carbocycles. The van der Waals surface area contributed by atoms with Crippen LogP contribution in [0.25, 0.3) is 0 Å². The highest BCUT2D eigenvalue weighted by Gasteiger charge is 2.30. The van der Waals surface area contributed by atoms with E-state index < -0.39 is 0 Å². The summed E-state index contributed by atoms with van der Waals surface area (Å²) < 4.78 is 13.0. The van der Waals surface area contributed by atoms with E-state index in [1.54, 1.807) is 12.1 Å². The Morgan fingerprint density at radius 3 is 2.71 bits per heavy atom. The van der Waals surface area contributed by atoms with Gasteiger partial charge in [-0.25, -0.2) is 4.39 Å². The first-order chi connectivity index (χ1) is 6.68. The molecule has 1 saturated heterocycles. The lowest BCUT2D eigenvalue weighted by Gasteiger charge is -2.44. The van der Waals surface area contributed by atoms with E-state index in [1.165, 1.54) is 6.07 Å². The molecule has 0 radical (unpaired) electrons. The first-order valence-electron chi connectivity index (χ1n) is 5.19. The van der Waals surface area contributed by atoms with Gasteiger partial charge in [0.1, 0.15) is 5.82 Å². The van der Waals surface area contributed by atoms with Gasteiger partial charge in [-0.1, -0.05) is 12.1 Å². The Bertz CT molecular complexity index is 322. The third-order valence-corrected chi connectivity index (χ3v) is 2.96. The molecule has 1 unspecified atom stereocenters. The fourth-order valence-electron chi connectivity index (χ4n) is 2.10. The van der Waals surface area contributed by atoms with Gasteiger partial charge in [-0.15, -0.1) is 0 Å². The van der Waals surface area contributed by atoms with Gasteiger partial charge >= 0.3 is 0 Å². The summed E-state index contributed by atoms with van der Waals surface area (Å²) in [7, 11) is 0. The second kappa shape index (κ2) is 3.70. The van der Waals surface area contributed by atoms with E-state index in [1.807, 2.05) is 6.07 Å². The minimum Gasteiger partial charge on any atom is -0.294 e. The molecule has 1 heterocycles. The van der Waals surface area contributed by atoms with Crippen molar-refractivity contribution in [1.82, 2.24) is 4.90 Å². The second-order valence-electron chi connectivity index (χ2n) is 4.19. The fourth-order valence-corrected chi connectivity index (χ4v) is 2.10. The molecule has 14 heavy (non-hydrogen) atoms. The van der Waals surface area contributed by atoms with Crippen molar-refractivity contribution >= 4 is 0 Å². The SMILES string of the molecule is CC(C)N1CCC1c1cccc(F)c1. The van der Waals surface area contributed by atoms with Crippen LogP contribution >= 0.6 is 0 Å². The van der Waals surface area contributed by atoms with Gasteiger partial charge in [-0.2, -0.15) is 0 Å². The standard InChI is InChI=1S/C12H16FN/c1-9(2)14-7-6-12(14)10-4-3-5-11(13)8-10/h3-5,8-9,12H,6-7H2,1-2H3. The van der Waals surface area contributed by atoms with Crippen molar-refractivity contribution in [1.29, 1.82) is 0 Å². The van der Waals surface area contributed by atoms with Gasteiger partial charge in [-0.05, 0) is 38.0 Å². The van der Waals surface area contributed by atoms with Crippen molar-refractivity contribution in [3.8, 4) is 0 Å². The molecule has 0 spiro atoms. The number of benzene rings is 1. The van der Waals surface area contributed by atoms with E-state index in [0.29, 0.717) is 12.1 Å². The Morgan fingerprint density at radius 2 is 2.21 bits per heavy atom. The molecule has 2 rings (SSSR count). The molecular weight excluding hydrogens is 177 g/mol. The summed E-state index contributed by atoms with van der Waals surface area (Å²) in [5, 5.41) is 0. The van der Waals surface area contributed by atoms with Crippen LogP contribution in [0.4, 0.5) is 4.39 Å². The van der Waals surface area contributed by atoms with E-state index in [4.69, 9.17) is 0 Å². The van der Waals surface area contributed by atoms with Crippen molar-refractivity contribution in [3.63, 3.8) is 0 Å². The predicted octanol–water partition coefficient (Wildman–Crippen LogP) is 2.98. The summed E-state index contributed by atoms with van der Waals surface area (Å²) in [5.74, 6) is -0.127. The molecule has 0 aliphatic carbocycles. The number of halogens is 1. The molecule has 1 aromatic rings. The lowest BCUT2D eigenvalue weighted by molar-refractivity contribution is 0.0558. The molecule has 0 N–H and O–H groups in total. The Morgan fingerprint density at radius 1 is 1.43 bits per heavy atom. The summed E-state index contributed by atoms with van der Waals surface area (Å²) in [6, 6.07) is 7.95. The average molecular weight is 193 g/mol. The van der Waals surface area contributed by atoms with Crippen LogP contribution in [0.15, 0.2) is 24.3 Å². The van der Waals surface area contributed by atoms with Crippen molar-refractivity contribution in [2.75, 3.05) is 6.54 Å². The number of hydrogen-bond donors (Lipinski definition) is 0. The lowest BCUT2D eigenvalue weighted by atomic mass is 9.93. The van der Waals surface area contributed by atoms with Gasteiger partial charge in [-0.3, -0.25) is 4.90 Å². The number of hydrogen-bond acceptors (Lipinski definition) is 1. The first-order valence-corrected chi connectivity index (χ1v) is 5.19. The minimum atomic E-state index is -0.127. The van der Waals surface area contributed by atoms with Crippen LogP contribution in [0.2, 0.25) is 0 Å². The number of rotatable bonds is 2. The summed E-state index contributed by atoms with van der Waals surface area (Å²) in [6.45, 7) is 5.51. The third kappa shape index (κ3) is 1.67. The monoisotopic (exact) mass is 193 g/mol. The van der Waals surface area contributed by atoms with Crippen LogP contribution in [0.5, 0.6) is 0 Å². The van der Waals surface area contributed by atoms with Crippen molar-refractivity contribution in [2.45, 2.75) is 32.4 Å². The van der Waals surface area contributed by atoms with Gasteiger partial charge in [0, 0.05) is 18.6 Å². The summed E-state index contributed by atoms with van der Waals surface area (Å²) >= 11 is 0. The van der Waals surface area contributed by atoms with Gasteiger partial charge in [0.15, 0.2) is 0 Å². The van der Waals surface area contributed by atoms with Crippen LogP contribution in [0, 0.1) is 5.82 Å². The van der Waals surface area contributed by atoms with Crippen molar-refractivity contribution in [2.24, 2.45) is 0 Å². The van der Waals surface area contributed by atoms with Crippen LogP contribution < -0.4 is 0 Å². The van der Waals surface area contributed by atoms with Gasteiger partial charge in [0.25, 0.3) is 0 Å². The zero-order valence-electron chi connectivity index (χ0n) is 8.70. The van der Waals surface area contributed by atoms with E-state index in [2.05, 4.69) is 18.7 Å². The van der Waals surface area contributed by atoms with Crippen molar-refractivity contribution < 1.29 is 4.39 Å². The molecular formula is C12H16FN. The van der Waals surface area contributed by atoms with E-state index in [0.717, 1.165) is 18.5 Å². The highest BCUT2D eigenvalue weighted by Crippen LogP contribution is 2.34. The highest BCUT2D eigenvalue weighted by atomic mass is 19.1. The maximum absolute atomic E-state index is 13.0. The largest absolute Gasteiger partial charge is 0.294 e. The molecule has 1 fully saturated rings. The highest BCUT2D eigenvalue weighted by molar-refractivity contribution is 5.22. The summed E-state index contributed by atoms with van der Waals surface area (Å²) in [5.41, 5.74) is 1.12. The topological polar surface area (TPSA) is 3.24 Å². The summed E-state index contributed by atoms with van der Waals surface area (Å²) in [6.07, 6.45) is 1.15. The van der Waals surface area contributed by atoms with Gasteiger partial charge in [0.2, 0.25) is 0 Å². The summed E-state index contributed by atoms with van der Waals surface area (Å²) in [4.78, 5) is 2.40. The van der Waals surface area contributed by atoms with Gasteiger partial charge < -0.3 is 0 Å². The zero-order valence-corrected chi connectivity index (χ0v) is 8.70. The molecule has 1 atom stereocenters. The Balaban J connectivity index is 2.16. The van der Waals surface area contributed by atoms with E-state index in [-0.39, 0.29) is 5.82 Å². The van der Waals surface area contributed by atoms with Crippen LogP contribution in [0.3, 0.4) is 0 Å². The van der Waals surface area contributed by atoms with Crippen LogP contribution in [-0.2, 0) is 0 Å². The Hall–Kier alpha value is -0.890. The number of likely N-dealkylation sites (tertiary alicyclic amines) is 1. The molecule has 0 aromatic heterocycles. The Kier molecular flexibility index (Phi) is 2.55. The molecule has 2 heteroatoms. The predicted molar refractivity (Wildman–Crippen MR) is 55.6 cm³/mol. The molecule has 1 aliphatic rings. The molecule has 0 bridgehead atoms. The second-order valence-corrected chi connectivity index (χ2v) is 4.19. The Labute approximate surface area is 84.5 Å². The third-order valence-electron chi connectivity index (χ3n) is 2.96. The minimum absolute atomic E-state index is 0.127. The number of nitrogens with zero attached hydrogens (tertiary/aromatic N) is 1. The van der Waals surface area contributed by atoms with E-state index >= 15 is 0 Å². The lowest BCUT2D eigenvalue weighted by Crippen LogP contribution is -2.45. The van der Waals surface area contributed by atoms with E-state index in [9.17, 15) is 4.39 Å². The first kappa shape index (κ1) is 9.66. The molecule has 0 amide bonds. The fraction of sp³-hybridized carbons (Fsp3) is 0.500.